The summed E-state index contributed by atoms with van der Waals surface area (Å²) in [6.07, 6.45) is 49.0. The van der Waals surface area contributed by atoms with Gasteiger partial charge >= 0.3 is 17.9 Å². The van der Waals surface area contributed by atoms with Crippen LogP contribution in [0.25, 0.3) is 0 Å². The van der Waals surface area contributed by atoms with Crippen LogP contribution in [0.4, 0.5) is 0 Å². The minimum absolute atomic E-state index is 0.0496. The number of carboxylic acids is 1. The Bertz CT molecular complexity index is 1060. The van der Waals surface area contributed by atoms with E-state index in [0.29, 0.717) is 19.3 Å². The van der Waals surface area contributed by atoms with Crippen LogP contribution in [0.3, 0.4) is 0 Å². The minimum Gasteiger partial charge on any atom is -0.477 e. The Balaban J connectivity index is 4.26. The summed E-state index contributed by atoms with van der Waals surface area (Å²) in [7, 11) is 5.54. The normalized spacial score (nSPS) is 13.2. The van der Waals surface area contributed by atoms with Gasteiger partial charge < -0.3 is 23.8 Å². The van der Waals surface area contributed by atoms with E-state index in [0.717, 1.165) is 64.2 Å². The Kier molecular flexibility index (Phi) is 40.5. The molecule has 0 aliphatic carbocycles. The highest BCUT2D eigenvalue weighted by Gasteiger charge is 2.31. The van der Waals surface area contributed by atoms with E-state index < -0.39 is 18.1 Å². The van der Waals surface area contributed by atoms with E-state index in [-0.39, 0.29) is 36.2 Å². The molecule has 0 aliphatic rings. The van der Waals surface area contributed by atoms with Crippen LogP contribution in [0.15, 0.2) is 36.5 Å². The van der Waals surface area contributed by atoms with Crippen LogP contribution in [-0.2, 0) is 28.6 Å². The number of allylic oxidation sites excluding steroid dienone is 6. The van der Waals surface area contributed by atoms with Gasteiger partial charge in [0.05, 0.1) is 34.4 Å². The molecule has 0 aromatic rings. The third kappa shape index (κ3) is 40.7. The monoisotopic (exact) mass is 833 g/mol. The van der Waals surface area contributed by atoms with Crippen molar-refractivity contribution in [2.75, 3.05) is 41.0 Å². The predicted molar refractivity (Wildman–Crippen MR) is 248 cm³/mol. The summed E-state index contributed by atoms with van der Waals surface area (Å²) in [4.78, 5) is 37.1. The number of quaternary nitrogens is 1. The van der Waals surface area contributed by atoms with Crippen LogP contribution in [0.2, 0.25) is 0 Å². The van der Waals surface area contributed by atoms with Crippen LogP contribution in [0.5, 0.6) is 0 Å². The molecule has 0 saturated carbocycles. The zero-order chi connectivity index (χ0) is 43.5. The van der Waals surface area contributed by atoms with Gasteiger partial charge in [0.25, 0.3) is 0 Å². The summed E-state index contributed by atoms with van der Waals surface area (Å²) >= 11 is 0. The SMILES string of the molecule is CC/C=C/C/C=C/C/C=C/CCCCCCCCCCCC(=O)OC(COCCC(C(=O)O)[N+](C)(C)C)COC(=O)CCCCCCCCCCCCCCCCCC. The third-order valence-electron chi connectivity index (χ3n) is 11.1. The molecule has 0 aromatic heterocycles. The lowest BCUT2D eigenvalue weighted by Gasteiger charge is -2.31. The lowest BCUT2D eigenvalue weighted by Crippen LogP contribution is -2.50. The molecule has 0 fully saturated rings. The molecule has 8 nitrogen and oxygen atoms in total. The number of likely N-dealkylation sites (N-methyl/N-ethyl adjacent to an activating group) is 1. The second-order valence-electron chi connectivity index (χ2n) is 17.7. The first-order valence-electron chi connectivity index (χ1n) is 24.5. The smallest absolute Gasteiger partial charge is 0.362 e. The summed E-state index contributed by atoms with van der Waals surface area (Å²) in [5.41, 5.74) is 0. The molecule has 0 rings (SSSR count). The van der Waals surface area contributed by atoms with Gasteiger partial charge in [0.15, 0.2) is 12.1 Å². The molecule has 1 N–H and O–H groups in total. The number of aliphatic carboxylic acids is 1. The quantitative estimate of drug-likeness (QED) is 0.0282. The van der Waals surface area contributed by atoms with Gasteiger partial charge in [0.2, 0.25) is 0 Å². The maximum Gasteiger partial charge on any atom is 0.362 e. The average Bonchev–Trinajstić information content (AvgIpc) is 3.19. The number of carboxylic acid groups (broad SMARTS) is 1. The fourth-order valence-corrected chi connectivity index (χ4v) is 7.28. The minimum atomic E-state index is -0.874. The van der Waals surface area contributed by atoms with Crippen molar-refractivity contribution in [2.24, 2.45) is 0 Å². The highest BCUT2D eigenvalue weighted by Crippen LogP contribution is 2.16. The van der Waals surface area contributed by atoms with E-state index in [2.05, 4.69) is 50.3 Å². The van der Waals surface area contributed by atoms with Crippen molar-refractivity contribution < 1.29 is 38.2 Å². The van der Waals surface area contributed by atoms with Crippen LogP contribution in [0, 0.1) is 0 Å². The fourth-order valence-electron chi connectivity index (χ4n) is 7.28. The van der Waals surface area contributed by atoms with Crippen molar-refractivity contribution in [3.05, 3.63) is 36.5 Å². The Morgan fingerprint density at radius 3 is 1.41 bits per heavy atom. The lowest BCUT2D eigenvalue weighted by atomic mass is 10.0. The van der Waals surface area contributed by atoms with Gasteiger partial charge in [-0.05, 0) is 44.9 Å². The summed E-state index contributed by atoms with van der Waals surface area (Å²) in [6, 6.07) is -0.614. The van der Waals surface area contributed by atoms with Crippen molar-refractivity contribution in [2.45, 2.75) is 231 Å². The van der Waals surface area contributed by atoms with Crippen LogP contribution < -0.4 is 0 Å². The second-order valence-corrected chi connectivity index (χ2v) is 17.7. The van der Waals surface area contributed by atoms with E-state index in [9.17, 15) is 19.5 Å². The van der Waals surface area contributed by atoms with Crippen molar-refractivity contribution in [3.63, 3.8) is 0 Å². The van der Waals surface area contributed by atoms with Crippen molar-refractivity contribution in [3.8, 4) is 0 Å². The molecule has 0 amide bonds. The van der Waals surface area contributed by atoms with Gasteiger partial charge in [0, 0.05) is 19.3 Å². The van der Waals surface area contributed by atoms with Crippen molar-refractivity contribution in [1.82, 2.24) is 0 Å². The molecule has 0 spiro atoms. The second kappa shape index (κ2) is 42.2. The molecular formula is C51H94NO7+. The largest absolute Gasteiger partial charge is 0.477 e. The summed E-state index contributed by atoms with van der Waals surface area (Å²) in [6.45, 7) is 4.65. The Morgan fingerprint density at radius 1 is 0.525 bits per heavy atom. The Morgan fingerprint density at radius 2 is 0.949 bits per heavy atom. The molecule has 0 heterocycles. The highest BCUT2D eigenvalue weighted by atomic mass is 16.6. The van der Waals surface area contributed by atoms with Gasteiger partial charge in [-0.15, -0.1) is 0 Å². The predicted octanol–water partition coefficient (Wildman–Crippen LogP) is 13.8. The Hall–Kier alpha value is -2.45. The molecule has 0 bridgehead atoms. The van der Waals surface area contributed by atoms with Gasteiger partial charge in [-0.2, -0.15) is 0 Å². The summed E-state index contributed by atoms with van der Waals surface area (Å²) in [5, 5.41) is 9.64. The van der Waals surface area contributed by atoms with E-state index in [4.69, 9.17) is 14.2 Å². The van der Waals surface area contributed by atoms with Gasteiger partial charge in [-0.3, -0.25) is 9.59 Å². The van der Waals surface area contributed by atoms with E-state index >= 15 is 0 Å². The first kappa shape index (κ1) is 56.5. The van der Waals surface area contributed by atoms with Crippen LogP contribution in [0.1, 0.15) is 219 Å². The number of carbonyl (C=O) groups excluding carboxylic acids is 2. The topological polar surface area (TPSA) is 99.1 Å². The number of hydrogen-bond acceptors (Lipinski definition) is 6. The number of unbranched alkanes of at least 4 members (excludes halogenated alkanes) is 24. The maximum atomic E-state index is 12.8. The van der Waals surface area contributed by atoms with Gasteiger partial charge in [-0.25, -0.2) is 4.79 Å². The first-order valence-corrected chi connectivity index (χ1v) is 24.5. The number of ether oxygens (including phenoxy) is 3. The number of esters is 2. The van der Waals surface area contributed by atoms with E-state index in [1.54, 1.807) is 0 Å². The maximum absolute atomic E-state index is 12.8. The molecule has 0 aliphatic heterocycles. The van der Waals surface area contributed by atoms with E-state index in [1.807, 2.05) is 21.1 Å². The van der Waals surface area contributed by atoms with Crippen molar-refractivity contribution >= 4 is 17.9 Å². The third-order valence-corrected chi connectivity index (χ3v) is 11.1. The number of carbonyl (C=O) groups is 3. The fraction of sp³-hybridized carbons (Fsp3) is 0.824. The van der Waals surface area contributed by atoms with Gasteiger partial charge in [-0.1, -0.05) is 192 Å². The number of hydrogen-bond donors (Lipinski definition) is 1. The first-order chi connectivity index (χ1) is 28.6. The molecule has 0 saturated heterocycles. The average molecular weight is 833 g/mol. The molecule has 0 aromatic carbocycles. The molecule has 8 heteroatoms. The lowest BCUT2D eigenvalue weighted by molar-refractivity contribution is -0.887. The molecule has 2 unspecified atom stereocenters. The molecule has 344 valence electrons. The Labute approximate surface area is 364 Å². The number of rotatable bonds is 44. The molecule has 59 heavy (non-hydrogen) atoms. The molecule has 2 atom stereocenters. The standard InChI is InChI=1S/C51H93NO7/c1-6-8-10-12-14-16-18-20-22-24-25-26-28-30-32-34-36-38-40-42-50(54)59-47(45-57-44-43-48(51(55)56)52(3,4)5)46-58-49(53)41-39-37-35-33-31-29-27-23-21-19-17-15-13-11-9-7-2/h8,10,14,16,20,22,47-48H,6-7,9,11-13,15,17-19,21,23-46H2,1-5H3/p+1/b10-8+,16-14+,22-20+. The van der Waals surface area contributed by atoms with Gasteiger partial charge in [0.1, 0.15) is 6.61 Å². The number of nitrogens with zero attached hydrogens (tertiary/aromatic N) is 1. The molecular weight excluding hydrogens is 739 g/mol. The zero-order valence-corrected chi connectivity index (χ0v) is 39.2. The summed E-state index contributed by atoms with van der Waals surface area (Å²) < 4.78 is 17.3. The van der Waals surface area contributed by atoms with E-state index in [1.165, 1.54) is 122 Å². The zero-order valence-electron chi connectivity index (χ0n) is 39.2. The summed E-state index contributed by atoms with van der Waals surface area (Å²) in [5.74, 6) is -1.46. The molecule has 0 radical (unpaired) electrons. The van der Waals surface area contributed by atoms with Crippen LogP contribution >= 0.6 is 0 Å². The highest BCUT2D eigenvalue weighted by molar-refractivity contribution is 5.72. The van der Waals surface area contributed by atoms with Crippen molar-refractivity contribution in [1.29, 1.82) is 0 Å². The van der Waals surface area contributed by atoms with Crippen LogP contribution in [-0.4, -0.2) is 80.6 Å².